The Morgan fingerprint density at radius 1 is 1.29 bits per heavy atom. The predicted octanol–water partition coefficient (Wildman–Crippen LogP) is 4.22. The summed E-state index contributed by atoms with van der Waals surface area (Å²) in [6.07, 6.45) is 2.76. The van der Waals surface area contributed by atoms with E-state index in [1.807, 2.05) is 0 Å². The van der Waals surface area contributed by atoms with Gasteiger partial charge >= 0.3 is 0 Å². The third kappa shape index (κ3) is 2.95. The molecule has 3 heteroatoms. The molecule has 1 fully saturated rings. The summed E-state index contributed by atoms with van der Waals surface area (Å²) < 4.78 is 7.51. The first-order chi connectivity index (χ1) is 6.22. The van der Waals surface area contributed by atoms with Gasteiger partial charge in [0.05, 0.1) is 0 Å². The van der Waals surface area contributed by atoms with Gasteiger partial charge in [0.1, 0.15) is 0 Å². The topological polar surface area (TPSA) is 9.23 Å². The molecule has 0 saturated heterocycles. The van der Waals surface area contributed by atoms with Crippen molar-refractivity contribution < 1.29 is 4.43 Å². The van der Waals surface area contributed by atoms with Crippen molar-refractivity contribution >= 4 is 30.9 Å². The standard InChI is InChI=1S/C11H23IOSi/c1-10(2,3)14(4,5)13-9-11(8-12)6-7-11/h6-9H2,1-5H3. The van der Waals surface area contributed by atoms with Crippen LogP contribution in [0, 0.1) is 5.41 Å². The molecule has 0 N–H and O–H groups in total. The molecule has 0 atom stereocenters. The highest BCUT2D eigenvalue weighted by Crippen LogP contribution is 2.49. The highest BCUT2D eigenvalue weighted by Gasteiger charge is 2.45. The van der Waals surface area contributed by atoms with Gasteiger partial charge in [0, 0.05) is 16.4 Å². The van der Waals surface area contributed by atoms with Crippen molar-refractivity contribution in [3.63, 3.8) is 0 Å². The minimum atomic E-state index is -1.49. The first-order valence-corrected chi connectivity index (χ1v) is 9.86. The molecule has 0 amide bonds. The van der Waals surface area contributed by atoms with E-state index in [1.54, 1.807) is 0 Å². The summed E-state index contributed by atoms with van der Waals surface area (Å²) in [5.74, 6) is 0. The molecule has 84 valence electrons. The minimum absolute atomic E-state index is 0.356. The molecule has 0 aromatic rings. The van der Waals surface area contributed by atoms with E-state index in [1.165, 1.54) is 17.3 Å². The number of halogens is 1. The van der Waals surface area contributed by atoms with Crippen LogP contribution in [0.1, 0.15) is 33.6 Å². The average Bonchev–Trinajstić information content (AvgIpc) is 2.80. The molecular weight excluding hydrogens is 303 g/mol. The van der Waals surface area contributed by atoms with Crippen LogP contribution in [0.25, 0.3) is 0 Å². The molecule has 1 nitrogen and oxygen atoms in total. The van der Waals surface area contributed by atoms with Gasteiger partial charge in [-0.15, -0.1) is 0 Å². The predicted molar refractivity (Wildman–Crippen MR) is 73.7 cm³/mol. The minimum Gasteiger partial charge on any atom is -0.416 e. The van der Waals surface area contributed by atoms with Crippen LogP contribution in [-0.4, -0.2) is 19.4 Å². The van der Waals surface area contributed by atoms with E-state index in [4.69, 9.17) is 4.43 Å². The lowest BCUT2D eigenvalue weighted by atomic mass is 10.2. The number of hydrogen-bond donors (Lipinski definition) is 0. The second-order valence-electron chi connectivity index (χ2n) is 6.18. The van der Waals surface area contributed by atoms with Crippen LogP contribution in [-0.2, 0) is 4.43 Å². The van der Waals surface area contributed by atoms with Crippen LogP contribution >= 0.6 is 22.6 Å². The Balaban J connectivity index is 2.44. The Bertz CT molecular complexity index is 204. The number of alkyl halides is 1. The summed E-state index contributed by atoms with van der Waals surface area (Å²) in [4.78, 5) is 0. The zero-order valence-corrected chi connectivity index (χ0v) is 13.3. The molecule has 1 aliphatic carbocycles. The van der Waals surface area contributed by atoms with Crippen LogP contribution in [0.4, 0.5) is 0 Å². The first kappa shape index (κ1) is 13.0. The molecule has 0 radical (unpaired) electrons. The summed E-state index contributed by atoms with van der Waals surface area (Å²) >= 11 is 2.50. The Labute approximate surface area is 103 Å². The third-order valence-corrected chi connectivity index (χ3v) is 9.88. The van der Waals surface area contributed by atoms with E-state index in [0.717, 1.165) is 6.61 Å². The molecule has 14 heavy (non-hydrogen) atoms. The van der Waals surface area contributed by atoms with Crippen molar-refractivity contribution in [2.75, 3.05) is 11.0 Å². The quantitative estimate of drug-likeness (QED) is 0.427. The van der Waals surface area contributed by atoms with Crippen LogP contribution in [0.15, 0.2) is 0 Å². The molecule has 0 aromatic heterocycles. The molecule has 1 saturated carbocycles. The lowest BCUT2D eigenvalue weighted by Crippen LogP contribution is -2.42. The van der Waals surface area contributed by atoms with Crippen molar-refractivity contribution in [2.24, 2.45) is 5.41 Å². The van der Waals surface area contributed by atoms with Crippen molar-refractivity contribution in [3.8, 4) is 0 Å². The van der Waals surface area contributed by atoms with E-state index < -0.39 is 8.32 Å². The number of hydrogen-bond acceptors (Lipinski definition) is 1. The van der Waals surface area contributed by atoms with Gasteiger partial charge in [-0.1, -0.05) is 43.4 Å². The maximum absolute atomic E-state index is 6.25. The SMILES string of the molecule is CC(C)(C)[Si](C)(C)OCC1(CI)CC1. The molecule has 1 aliphatic rings. The zero-order chi connectivity index (χ0) is 11.0. The van der Waals surface area contributed by atoms with Gasteiger partial charge in [-0.2, -0.15) is 0 Å². The van der Waals surface area contributed by atoms with Crippen molar-refractivity contribution in [3.05, 3.63) is 0 Å². The molecule has 0 unspecified atom stereocenters. The van der Waals surface area contributed by atoms with Gasteiger partial charge in [-0.3, -0.25) is 0 Å². The zero-order valence-electron chi connectivity index (χ0n) is 10.1. The second-order valence-corrected chi connectivity index (χ2v) is 11.8. The normalized spacial score (nSPS) is 21.0. The molecule has 0 aliphatic heterocycles. The molecule has 0 aromatic carbocycles. The molecular formula is C11H23IOSi. The van der Waals surface area contributed by atoms with E-state index in [9.17, 15) is 0 Å². The highest BCUT2D eigenvalue weighted by molar-refractivity contribution is 14.1. The summed E-state index contributed by atoms with van der Waals surface area (Å²) in [6, 6.07) is 0. The Morgan fingerprint density at radius 2 is 1.79 bits per heavy atom. The van der Waals surface area contributed by atoms with E-state index in [0.29, 0.717) is 10.5 Å². The maximum atomic E-state index is 6.25. The summed E-state index contributed by atoms with van der Waals surface area (Å²) in [6.45, 7) is 12.6. The van der Waals surface area contributed by atoms with E-state index in [-0.39, 0.29) is 0 Å². The maximum Gasteiger partial charge on any atom is 0.192 e. The summed E-state index contributed by atoms with van der Waals surface area (Å²) in [5, 5.41) is 0.356. The largest absolute Gasteiger partial charge is 0.416 e. The summed E-state index contributed by atoms with van der Waals surface area (Å²) in [5.41, 5.74) is 0.566. The van der Waals surface area contributed by atoms with Crippen LogP contribution in [0.2, 0.25) is 18.1 Å². The highest BCUT2D eigenvalue weighted by atomic mass is 127. The van der Waals surface area contributed by atoms with Gasteiger partial charge in [0.25, 0.3) is 0 Å². The van der Waals surface area contributed by atoms with E-state index in [2.05, 4.69) is 56.5 Å². The van der Waals surface area contributed by atoms with Crippen molar-refractivity contribution in [1.29, 1.82) is 0 Å². The summed E-state index contributed by atoms with van der Waals surface area (Å²) in [7, 11) is -1.49. The molecule has 0 spiro atoms. The fourth-order valence-electron chi connectivity index (χ4n) is 1.04. The van der Waals surface area contributed by atoms with Crippen LogP contribution in [0.5, 0.6) is 0 Å². The van der Waals surface area contributed by atoms with Gasteiger partial charge in [0.2, 0.25) is 0 Å². The van der Waals surface area contributed by atoms with Gasteiger partial charge in [-0.25, -0.2) is 0 Å². The van der Waals surface area contributed by atoms with Crippen LogP contribution < -0.4 is 0 Å². The van der Waals surface area contributed by atoms with Crippen molar-refractivity contribution in [1.82, 2.24) is 0 Å². The molecule has 1 rings (SSSR count). The van der Waals surface area contributed by atoms with Gasteiger partial charge in [-0.05, 0) is 31.0 Å². The third-order valence-electron chi connectivity index (χ3n) is 3.79. The number of rotatable bonds is 4. The lowest BCUT2D eigenvalue weighted by molar-refractivity contribution is 0.230. The van der Waals surface area contributed by atoms with Crippen molar-refractivity contribution in [2.45, 2.75) is 51.7 Å². The fraction of sp³-hybridized carbons (Fsp3) is 1.00. The molecule has 0 heterocycles. The van der Waals surface area contributed by atoms with Gasteiger partial charge in [0.15, 0.2) is 8.32 Å². The Kier molecular flexibility index (Phi) is 3.76. The first-order valence-electron chi connectivity index (χ1n) is 5.42. The van der Waals surface area contributed by atoms with Crippen LogP contribution in [0.3, 0.4) is 0 Å². The Morgan fingerprint density at radius 3 is 2.07 bits per heavy atom. The van der Waals surface area contributed by atoms with Gasteiger partial charge < -0.3 is 4.43 Å². The second kappa shape index (κ2) is 4.05. The smallest absolute Gasteiger partial charge is 0.192 e. The molecule has 0 bridgehead atoms. The Hall–Kier alpha value is 0.907. The average molecular weight is 326 g/mol. The van der Waals surface area contributed by atoms with E-state index >= 15 is 0 Å². The lowest BCUT2D eigenvalue weighted by Gasteiger charge is -2.37. The monoisotopic (exact) mass is 326 g/mol. The fourth-order valence-corrected chi connectivity index (χ4v) is 3.13.